The average Bonchev–Trinajstić information content (AvgIpc) is 2.79. The highest BCUT2D eigenvalue weighted by molar-refractivity contribution is 6.71. The lowest BCUT2D eigenvalue weighted by Gasteiger charge is -2.59. The summed E-state index contributed by atoms with van der Waals surface area (Å²) in [6, 6.07) is 0. The SMILES string of the molecule is C[Si](C)(C)OC1=C[C@H](/C=C(/O[Si](C)(C)C)C2=CCCCC2)[C@]23CCCC[C@H]2[C@H]1[C@@H](O[Si](C)(C)C)C=C3O[Si](C)(C)C. The Bertz CT molecular complexity index is 1080. The van der Waals surface area contributed by atoms with Crippen LogP contribution in [0, 0.1) is 23.2 Å². The zero-order valence-electron chi connectivity index (χ0n) is 28.4. The molecule has 0 saturated heterocycles. The average molecular weight is 633 g/mol. The molecule has 0 spiro atoms. The summed E-state index contributed by atoms with van der Waals surface area (Å²) < 4.78 is 28.2. The van der Waals surface area contributed by atoms with Gasteiger partial charge in [-0.15, -0.1) is 0 Å². The quantitative estimate of drug-likeness (QED) is 0.177. The lowest BCUT2D eigenvalue weighted by Crippen LogP contribution is -2.57. The van der Waals surface area contributed by atoms with Gasteiger partial charge in [-0.3, -0.25) is 0 Å². The minimum Gasteiger partial charge on any atom is -0.547 e. The predicted octanol–water partition coefficient (Wildman–Crippen LogP) is 10.3. The van der Waals surface area contributed by atoms with Crippen LogP contribution >= 0.6 is 0 Å². The van der Waals surface area contributed by atoms with E-state index in [9.17, 15) is 0 Å². The lowest BCUT2D eigenvalue weighted by molar-refractivity contribution is -0.0432. The van der Waals surface area contributed by atoms with Gasteiger partial charge in [0.25, 0.3) is 0 Å². The molecule has 0 aromatic carbocycles. The van der Waals surface area contributed by atoms with Crippen molar-refractivity contribution in [1.82, 2.24) is 0 Å². The second-order valence-corrected chi connectivity index (χ2v) is 34.6. The smallest absolute Gasteiger partial charge is 0.242 e. The first kappa shape index (κ1) is 33.1. The van der Waals surface area contributed by atoms with Crippen LogP contribution in [0.2, 0.25) is 78.6 Å². The van der Waals surface area contributed by atoms with Crippen molar-refractivity contribution in [2.24, 2.45) is 23.2 Å². The zero-order chi connectivity index (χ0) is 30.4. The maximum Gasteiger partial charge on any atom is 0.242 e. The van der Waals surface area contributed by atoms with E-state index < -0.39 is 33.3 Å². The molecule has 41 heavy (non-hydrogen) atoms. The van der Waals surface area contributed by atoms with Gasteiger partial charge in [0, 0.05) is 17.3 Å². The molecule has 1 fully saturated rings. The van der Waals surface area contributed by atoms with E-state index in [1.54, 1.807) is 0 Å². The van der Waals surface area contributed by atoms with E-state index in [-0.39, 0.29) is 23.4 Å². The molecule has 4 nitrogen and oxygen atoms in total. The van der Waals surface area contributed by atoms with Gasteiger partial charge in [0.2, 0.25) is 25.0 Å². The van der Waals surface area contributed by atoms with E-state index in [1.165, 1.54) is 49.2 Å². The Morgan fingerprint density at radius 2 is 1.46 bits per heavy atom. The molecule has 1 saturated carbocycles. The Hall–Kier alpha value is -0.812. The molecule has 232 valence electrons. The molecule has 0 heterocycles. The van der Waals surface area contributed by atoms with Gasteiger partial charge in [0.15, 0.2) is 8.32 Å². The fourth-order valence-corrected chi connectivity index (χ4v) is 11.2. The second kappa shape index (κ2) is 11.9. The Labute approximate surface area is 256 Å². The molecule has 5 atom stereocenters. The number of hydrogen-bond donors (Lipinski definition) is 0. The first-order valence-electron chi connectivity index (χ1n) is 16.4. The standard InChI is InChI=1S/C33H60O4Si4/c1-38(2,3)34-28(25-18-14-13-15-19-25)22-26-23-29(35-39(4,5)6)32-27-20-16-17-21-33(26,27)31(37-41(10,11)12)24-30(32)36-40(7,8)9/h18,22-24,26-27,30,32H,13-17,19-21H2,1-12H3/b28-22+/t26-,27-,30-,32+,33+/m0/s1. The van der Waals surface area contributed by atoms with Gasteiger partial charge in [0.05, 0.1) is 17.6 Å². The molecule has 4 aliphatic rings. The van der Waals surface area contributed by atoms with Crippen molar-refractivity contribution < 1.29 is 17.7 Å². The fourth-order valence-electron chi connectivity index (χ4n) is 7.43. The van der Waals surface area contributed by atoms with Crippen LogP contribution in [0.5, 0.6) is 0 Å². The summed E-state index contributed by atoms with van der Waals surface area (Å²) in [5.74, 6) is 4.42. The van der Waals surface area contributed by atoms with E-state index in [0.29, 0.717) is 5.92 Å². The highest BCUT2D eigenvalue weighted by Crippen LogP contribution is 2.64. The van der Waals surface area contributed by atoms with Crippen molar-refractivity contribution in [2.75, 3.05) is 0 Å². The third kappa shape index (κ3) is 8.22. The van der Waals surface area contributed by atoms with Gasteiger partial charge in [-0.05, 0) is 147 Å². The van der Waals surface area contributed by atoms with Crippen LogP contribution in [0.3, 0.4) is 0 Å². The summed E-state index contributed by atoms with van der Waals surface area (Å²) in [6.45, 7) is 27.9. The molecule has 4 rings (SSSR count). The first-order valence-corrected chi connectivity index (χ1v) is 30.0. The molecule has 0 aromatic heterocycles. The van der Waals surface area contributed by atoms with Crippen LogP contribution in [-0.4, -0.2) is 39.4 Å². The molecule has 0 unspecified atom stereocenters. The molecule has 0 aliphatic heterocycles. The van der Waals surface area contributed by atoms with Crippen molar-refractivity contribution in [3.8, 4) is 0 Å². The molecule has 8 heteroatoms. The van der Waals surface area contributed by atoms with Crippen molar-refractivity contribution in [3.05, 3.63) is 47.2 Å². The monoisotopic (exact) mass is 632 g/mol. The zero-order valence-corrected chi connectivity index (χ0v) is 32.4. The third-order valence-corrected chi connectivity index (χ3v) is 12.0. The number of hydrogen-bond acceptors (Lipinski definition) is 4. The Morgan fingerprint density at radius 1 is 0.780 bits per heavy atom. The van der Waals surface area contributed by atoms with E-state index in [2.05, 4.69) is 103 Å². The van der Waals surface area contributed by atoms with Gasteiger partial charge in [-0.1, -0.05) is 18.9 Å². The number of rotatable bonds is 10. The van der Waals surface area contributed by atoms with Crippen LogP contribution < -0.4 is 0 Å². The van der Waals surface area contributed by atoms with Crippen molar-refractivity contribution in [1.29, 1.82) is 0 Å². The van der Waals surface area contributed by atoms with Crippen molar-refractivity contribution >= 4 is 33.3 Å². The second-order valence-electron chi connectivity index (χ2n) is 16.9. The predicted molar refractivity (Wildman–Crippen MR) is 184 cm³/mol. The van der Waals surface area contributed by atoms with Gasteiger partial charge in [0.1, 0.15) is 5.76 Å². The summed E-state index contributed by atoms with van der Waals surface area (Å²) in [6.07, 6.45) is 19.6. The number of allylic oxidation sites excluding steroid dienone is 5. The van der Waals surface area contributed by atoms with Crippen molar-refractivity contribution in [2.45, 2.75) is 136 Å². The van der Waals surface area contributed by atoms with Crippen LogP contribution in [-0.2, 0) is 17.7 Å². The Kier molecular flexibility index (Phi) is 9.63. The molecule has 4 aliphatic carbocycles. The van der Waals surface area contributed by atoms with E-state index in [4.69, 9.17) is 17.7 Å². The summed E-state index contributed by atoms with van der Waals surface area (Å²) in [5, 5.41) is 0. The van der Waals surface area contributed by atoms with Gasteiger partial charge in [-0.2, -0.15) is 0 Å². The van der Waals surface area contributed by atoms with Gasteiger partial charge in [-0.25, -0.2) is 0 Å². The first-order chi connectivity index (χ1) is 18.8. The van der Waals surface area contributed by atoms with Crippen LogP contribution in [0.15, 0.2) is 47.2 Å². The normalized spacial score (nSPS) is 31.4. The summed E-state index contributed by atoms with van der Waals surface area (Å²) in [4.78, 5) is 0. The Balaban J connectivity index is 1.96. The molecule has 2 bridgehead atoms. The van der Waals surface area contributed by atoms with Crippen LogP contribution in [0.1, 0.15) is 51.4 Å². The fraction of sp³-hybridized carbons (Fsp3) is 0.758. The maximum absolute atomic E-state index is 7.16. The highest BCUT2D eigenvalue weighted by atomic mass is 28.4. The molecule has 0 aromatic rings. The molecular weight excluding hydrogens is 573 g/mol. The lowest BCUT2D eigenvalue weighted by atomic mass is 9.49. The van der Waals surface area contributed by atoms with E-state index in [0.717, 1.165) is 25.0 Å². The minimum atomic E-state index is -1.88. The van der Waals surface area contributed by atoms with E-state index in [1.807, 2.05) is 0 Å². The van der Waals surface area contributed by atoms with E-state index >= 15 is 0 Å². The maximum atomic E-state index is 7.16. The Morgan fingerprint density at radius 3 is 2.02 bits per heavy atom. The molecular formula is C33H60O4Si4. The summed E-state index contributed by atoms with van der Waals surface area (Å²) in [5.41, 5.74) is 1.34. The largest absolute Gasteiger partial charge is 0.547 e. The minimum absolute atomic E-state index is 0.00975. The van der Waals surface area contributed by atoms with Crippen LogP contribution in [0.25, 0.3) is 0 Å². The van der Waals surface area contributed by atoms with Gasteiger partial charge >= 0.3 is 0 Å². The highest BCUT2D eigenvalue weighted by Gasteiger charge is 2.61. The summed E-state index contributed by atoms with van der Waals surface area (Å²) in [7, 11) is -7.38. The topological polar surface area (TPSA) is 36.9 Å². The third-order valence-electron chi connectivity index (χ3n) is 8.53. The van der Waals surface area contributed by atoms with Crippen LogP contribution in [0.4, 0.5) is 0 Å². The molecule has 0 amide bonds. The molecule has 0 N–H and O–H groups in total. The van der Waals surface area contributed by atoms with Crippen molar-refractivity contribution in [3.63, 3.8) is 0 Å². The molecule has 0 radical (unpaired) electrons. The van der Waals surface area contributed by atoms with Gasteiger partial charge < -0.3 is 17.7 Å². The summed E-state index contributed by atoms with van der Waals surface area (Å²) >= 11 is 0.